The molecule has 2 nitrogen and oxygen atoms in total. The summed E-state index contributed by atoms with van der Waals surface area (Å²) < 4.78 is 1.26. The average Bonchev–Trinajstić information content (AvgIpc) is 2.59. The van der Waals surface area contributed by atoms with E-state index >= 15 is 0 Å². The Bertz CT molecular complexity index is 445. The Balaban J connectivity index is 2.66. The molecule has 2 rings (SSSR count). The molecule has 0 saturated heterocycles. The molecule has 74 valence electrons. The molecule has 1 aromatic heterocycles. The quantitative estimate of drug-likeness (QED) is 0.814. The minimum Gasteiger partial charge on any atom is -0.365 e. The molecule has 0 aliphatic heterocycles. The van der Waals surface area contributed by atoms with Crippen molar-refractivity contribution in [3.8, 4) is 0 Å². The highest BCUT2D eigenvalue weighted by atomic mass is 32.1. The maximum atomic E-state index is 4.56. The lowest BCUT2D eigenvalue weighted by Crippen LogP contribution is -1.89. The maximum absolute atomic E-state index is 4.56. The van der Waals surface area contributed by atoms with Crippen molar-refractivity contribution in [1.29, 1.82) is 0 Å². The van der Waals surface area contributed by atoms with E-state index in [0.29, 0.717) is 5.92 Å². The van der Waals surface area contributed by atoms with Crippen LogP contribution < -0.4 is 5.32 Å². The van der Waals surface area contributed by atoms with Crippen molar-refractivity contribution in [2.24, 2.45) is 0 Å². The third kappa shape index (κ3) is 1.48. The SMILES string of the molecule is CNc1nc2c(C(C)C)cccc2s1. The van der Waals surface area contributed by atoms with Crippen molar-refractivity contribution in [3.63, 3.8) is 0 Å². The summed E-state index contributed by atoms with van der Waals surface area (Å²) in [5, 5.41) is 4.08. The molecule has 0 fully saturated rings. The Kier molecular flexibility index (Phi) is 2.42. The molecular formula is C11H14N2S. The first kappa shape index (κ1) is 9.46. The molecule has 0 spiro atoms. The van der Waals surface area contributed by atoms with E-state index in [0.717, 1.165) is 10.6 Å². The van der Waals surface area contributed by atoms with Crippen LogP contribution in [0.5, 0.6) is 0 Å². The van der Waals surface area contributed by atoms with Gasteiger partial charge in [0.2, 0.25) is 0 Å². The number of anilines is 1. The van der Waals surface area contributed by atoms with Crippen LogP contribution >= 0.6 is 11.3 Å². The van der Waals surface area contributed by atoms with Gasteiger partial charge in [-0.05, 0) is 17.5 Å². The maximum Gasteiger partial charge on any atom is 0.183 e. The molecule has 1 aromatic carbocycles. The number of benzene rings is 1. The predicted molar refractivity (Wildman–Crippen MR) is 63.3 cm³/mol. The van der Waals surface area contributed by atoms with Gasteiger partial charge in [-0.15, -0.1) is 0 Å². The standard InChI is InChI=1S/C11H14N2S/c1-7(2)8-5-4-6-9-10(8)13-11(12-3)14-9/h4-7H,1-3H3,(H,12,13). The molecule has 0 aliphatic carbocycles. The summed E-state index contributed by atoms with van der Waals surface area (Å²) in [7, 11) is 1.91. The zero-order valence-electron chi connectivity index (χ0n) is 8.66. The van der Waals surface area contributed by atoms with Gasteiger partial charge in [0.1, 0.15) is 0 Å². The van der Waals surface area contributed by atoms with Gasteiger partial charge in [0.15, 0.2) is 5.13 Å². The molecule has 0 saturated carbocycles. The van der Waals surface area contributed by atoms with Crippen molar-refractivity contribution < 1.29 is 0 Å². The van der Waals surface area contributed by atoms with Gasteiger partial charge < -0.3 is 5.32 Å². The van der Waals surface area contributed by atoms with Gasteiger partial charge in [-0.3, -0.25) is 0 Å². The van der Waals surface area contributed by atoms with Gasteiger partial charge >= 0.3 is 0 Å². The van der Waals surface area contributed by atoms with E-state index in [9.17, 15) is 0 Å². The number of nitrogens with one attached hydrogen (secondary N) is 1. The fourth-order valence-electron chi connectivity index (χ4n) is 1.54. The first-order valence-electron chi connectivity index (χ1n) is 4.79. The molecule has 0 atom stereocenters. The van der Waals surface area contributed by atoms with E-state index in [2.05, 4.69) is 42.3 Å². The third-order valence-corrected chi connectivity index (χ3v) is 3.32. The monoisotopic (exact) mass is 206 g/mol. The first-order chi connectivity index (χ1) is 6.72. The van der Waals surface area contributed by atoms with Crippen molar-refractivity contribution in [2.75, 3.05) is 12.4 Å². The van der Waals surface area contributed by atoms with Crippen LogP contribution in [0, 0.1) is 0 Å². The predicted octanol–water partition coefficient (Wildman–Crippen LogP) is 3.46. The van der Waals surface area contributed by atoms with Crippen molar-refractivity contribution >= 4 is 26.7 Å². The number of hydrogen-bond acceptors (Lipinski definition) is 3. The van der Waals surface area contributed by atoms with Crippen LogP contribution in [-0.4, -0.2) is 12.0 Å². The number of hydrogen-bond donors (Lipinski definition) is 1. The van der Waals surface area contributed by atoms with Crippen LogP contribution in [0.4, 0.5) is 5.13 Å². The molecule has 0 radical (unpaired) electrons. The van der Waals surface area contributed by atoms with Crippen LogP contribution in [-0.2, 0) is 0 Å². The Morgan fingerprint density at radius 3 is 2.79 bits per heavy atom. The molecular weight excluding hydrogens is 192 g/mol. The Labute approximate surface area is 88.0 Å². The lowest BCUT2D eigenvalue weighted by molar-refractivity contribution is 0.874. The molecule has 3 heteroatoms. The van der Waals surface area contributed by atoms with Crippen molar-refractivity contribution in [3.05, 3.63) is 23.8 Å². The highest BCUT2D eigenvalue weighted by Crippen LogP contribution is 2.31. The lowest BCUT2D eigenvalue weighted by atomic mass is 10.0. The summed E-state index contributed by atoms with van der Waals surface area (Å²) in [5.41, 5.74) is 2.48. The van der Waals surface area contributed by atoms with Crippen molar-refractivity contribution in [2.45, 2.75) is 19.8 Å². The second kappa shape index (κ2) is 3.58. The zero-order valence-corrected chi connectivity index (χ0v) is 9.48. The Hall–Kier alpha value is -1.09. The third-order valence-electron chi connectivity index (χ3n) is 2.29. The number of aromatic nitrogens is 1. The summed E-state index contributed by atoms with van der Waals surface area (Å²) in [6.07, 6.45) is 0. The Morgan fingerprint density at radius 1 is 1.36 bits per heavy atom. The molecule has 0 amide bonds. The molecule has 2 aromatic rings. The lowest BCUT2D eigenvalue weighted by Gasteiger charge is -2.04. The Morgan fingerprint density at radius 2 is 2.14 bits per heavy atom. The summed E-state index contributed by atoms with van der Waals surface area (Å²) in [6.45, 7) is 4.40. The van der Waals surface area contributed by atoms with Gasteiger partial charge in [0.05, 0.1) is 10.2 Å². The highest BCUT2D eigenvalue weighted by molar-refractivity contribution is 7.22. The number of para-hydroxylation sites is 1. The molecule has 0 bridgehead atoms. The second-order valence-electron chi connectivity index (χ2n) is 3.62. The zero-order chi connectivity index (χ0) is 10.1. The normalized spacial score (nSPS) is 11.1. The van der Waals surface area contributed by atoms with E-state index in [1.54, 1.807) is 11.3 Å². The van der Waals surface area contributed by atoms with Gasteiger partial charge in [-0.2, -0.15) is 0 Å². The van der Waals surface area contributed by atoms with E-state index in [-0.39, 0.29) is 0 Å². The summed E-state index contributed by atoms with van der Waals surface area (Å²) in [5.74, 6) is 0.533. The largest absolute Gasteiger partial charge is 0.365 e. The molecule has 0 unspecified atom stereocenters. The van der Waals surface area contributed by atoms with E-state index in [4.69, 9.17) is 0 Å². The second-order valence-corrected chi connectivity index (χ2v) is 4.65. The first-order valence-corrected chi connectivity index (χ1v) is 5.61. The van der Waals surface area contributed by atoms with Crippen LogP contribution in [0.2, 0.25) is 0 Å². The minimum atomic E-state index is 0.533. The number of rotatable bonds is 2. The van der Waals surface area contributed by atoms with E-state index in [1.165, 1.54) is 10.3 Å². The van der Waals surface area contributed by atoms with Gasteiger partial charge in [-0.25, -0.2) is 4.98 Å². The number of fused-ring (bicyclic) bond motifs is 1. The van der Waals surface area contributed by atoms with E-state index in [1.807, 2.05) is 7.05 Å². The summed E-state index contributed by atoms with van der Waals surface area (Å²) >= 11 is 1.71. The van der Waals surface area contributed by atoms with Crippen LogP contribution in [0.1, 0.15) is 25.3 Å². The highest BCUT2D eigenvalue weighted by Gasteiger charge is 2.09. The molecule has 14 heavy (non-hydrogen) atoms. The number of nitrogens with zero attached hydrogens (tertiary/aromatic N) is 1. The molecule has 1 N–H and O–H groups in total. The molecule has 0 aliphatic rings. The van der Waals surface area contributed by atoms with Gasteiger partial charge in [0.25, 0.3) is 0 Å². The van der Waals surface area contributed by atoms with Gasteiger partial charge in [0, 0.05) is 7.05 Å². The fraction of sp³-hybridized carbons (Fsp3) is 0.364. The van der Waals surface area contributed by atoms with Crippen LogP contribution in [0.15, 0.2) is 18.2 Å². The number of thiazole rings is 1. The minimum absolute atomic E-state index is 0.533. The summed E-state index contributed by atoms with van der Waals surface area (Å²) in [4.78, 5) is 4.56. The average molecular weight is 206 g/mol. The van der Waals surface area contributed by atoms with Crippen LogP contribution in [0.3, 0.4) is 0 Å². The fourth-order valence-corrected chi connectivity index (χ4v) is 2.40. The van der Waals surface area contributed by atoms with Crippen molar-refractivity contribution in [1.82, 2.24) is 4.98 Å². The van der Waals surface area contributed by atoms with E-state index < -0.39 is 0 Å². The topological polar surface area (TPSA) is 24.9 Å². The van der Waals surface area contributed by atoms with Crippen LogP contribution in [0.25, 0.3) is 10.2 Å². The molecule has 1 heterocycles. The van der Waals surface area contributed by atoms with Gasteiger partial charge in [-0.1, -0.05) is 37.3 Å². The summed E-state index contributed by atoms with van der Waals surface area (Å²) in [6, 6.07) is 6.39. The smallest absolute Gasteiger partial charge is 0.183 e.